The van der Waals surface area contributed by atoms with Gasteiger partial charge in [-0.05, 0) is 55.6 Å². The van der Waals surface area contributed by atoms with Gasteiger partial charge in [-0.1, -0.05) is 41.2 Å². The lowest BCUT2D eigenvalue weighted by atomic mass is 10.2. The number of nitrogens with zero attached hydrogens (tertiary/aromatic N) is 1. The van der Waals surface area contributed by atoms with E-state index in [9.17, 15) is 13.2 Å². The van der Waals surface area contributed by atoms with Crippen LogP contribution < -0.4 is 10.0 Å². The van der Waals surface area contributed by atoms with Gasteiger partial charge in [0.15, 0.2) is 5.13 Å². The molecule has 0 spiro atoms. The second-order valence-electron chi connectivity index (χ2n) is 6.77. The largest absolute Gasteiger partial charge is 0.298 e. The number of hydrogen-bond acceptors (Lipinski definition) is 6. The molecule has 2 N–H and O–H groups in total. The van der Waals surface area contributed by atoms with Crippen molar-refractivity contribution in [3.63, 3.8) is 0 Å². The first-order chi connectivity index (χ1) is 14.9. The molecule has 0 atom stereocenters. The summed E-state index contributed by atoms with van der Waals surface area (Å²) in [7, 11) is -3.83. The fraction of sp³-hybridized carbons (Fsp3) is 0.0909. The lowest BCUT2D eigenvalue weighted by molar-refractivity contribution is 0.102. The number of rotatable bonds is 6. The van der Waals surface area contributed by atoms with Gasteiger partial charge in [-0.15, -0.1) is 11.8 Å². The van der Waals surface area contributed by atoms with Gasteiger partial charge in [0.1, 0.15) is 0 Å². The standard InChI is InChI=1S/C22H19N3O3S3/c1-14-7-10-16(11-8-14)31(27,28)25-18-6-4-3-5-17(18)21(26)24-22-23-19-12-9-15(29-2)13-20(19)30-22/h3-13,25H,1-2H3,(H,23,24,26). The summed E-state index contributed by atoms with van der Waals surface area (Å²) in [5.41, 5.74) is 2.17. The molecular formula is C22H19N3O3S3. The zero-order valence-corrected chi connectivity index (χ0v) is 19.2. The van der Waals surface area contributed by atoms with Crippen LogP contribution in [-0.2, 0) is 10.0 Å². The first-order valence-electron chi connectivity index (χ1n) is 9.30. The average Bonchev–Trinajstić information content (AvgIpc) is 3.15. The van der Waals surface area contributed by atoms with Crippen LogP contribution in [0.3, 0.4) is 0 Å². The van der Waals surface area contributed by atoms with Crippen molar-refractivity contribution < 1.29 is 13.2 Å². The highest BCUT2D eigenvalue weighted by molar-refractivity contribution is 7.98. The van der Waals surface area contributed by atoms with Crippen molar-refractivity contribution in [2.24, 2.45) is 0 Å². The summed E-state index contributed by atoms with van der Waals surface area (Å²) < 4.78 is 29.0. The van der Waals surface area contributed by atoms with Crippen LogP contribution in [0.5, 0.6) is 0 Å². The molecule has 0 aliphatic heterocycles. The molecule has 31 heavy (non-hydrogen) atoms. The zero-order chi connectivity index (χ0) is 22.0. The van der Waals surface area contributed by atoms with E-state index in [0.717, 1.165) is 20.7 Å². The number of para-hydroxylation sites is 1. The van der Waals surface area contributed by atoms with Crippen LogP contribution in [0.2, 0.25) is 0 Å². The van der Waals surface area contributed by atoms with E-state index in [2.05, 4.69) is 15.0 Å². The average molecular weight is 470 g/mol. The summed E-state index contributed by atoms with van der Waals surface area (Å²) in [5.74, 6) is -0.439. The maximum atomic E-state index is 12.9. The number of nitrogens with one attached hydrogen (secondary N) is 2. The Balaban J connectivity index is 1.59. The third-order valence-electron chi connectivity index (χ3n) is 4.56. The normalized spacial score (nSPS) is 11.4. The number of anilines is 2. The van der Waals surface area contributed by atoms with Crippen LogP contribution in [0.1, 0.15) is 15.9 Å². The number of amides is 1. The predicted molar refractivity (Wildman–Crippen MR) is 128 cm³/mol. The van der Waals surface area contributed by atoms with Crippen molar-refractivity contribution in [3.05, 3.63) is 77.9 Å². The highest BCUT2D eigenvalue weighted by Crippen LogP contribution is 2.30. The third-order valence-corrected chi connectivity index (χ3v) is 7.60. The molecule has 1 aromatic heterocycles. The molecular weight excluding hydrogens is 450 g/mol. The lowest BCUT2D eigenvalue weighted by Gasteiger charge is -2.12. The van der Waals surface area contributed by atoms with Gasteiger partial charge in [-0.2, -0.15) is 0 Å². The molecule has 4 rings (SSSR count). The second kappa shape index (κ2) is 8.70. The number of fused-ring (bicyclic) bond motifs is 1. The van der Waals surface area contributed by atoms with Crippen molar-refractivity contribution in [2.45, 2.75) is 16.7 Å². The number of thioether (sulfide) groups is 1. The summed E-state index contributed by atoms with van der Waals surface area (Å²) in [6.45, 7) is 1.88. The molecule has 3 aromatic carbocycles. The molecule has 0 saturated heterocycles. The van der Waals surface area contributed by atoms with Gasteiger partial charge in [0, 0.05) is 4.90 Å². The Hall–Kier alpha value is -2.88. The minimum atomic E-state index is -3.83. The molecule has 1 amide bonds. The maximum absolute atomic E-state index is 12.9. The molecule has 0 radical (unpaired) electrons. The fourth-order valence-corrected chi connectivity index (χ4v) is 5.44. The number of thiazole rings is 1. The van der Waals surface area contributed by atoms with E-state index >= 15 is 0 Å². The highest BCUT2D eigenvalue weighted by atomic mass is 32.2. The Morgan fingerprint density at radius 2 is 1.77 bits per heavy atom. The molecule has 0 fully saturated rings. The number of sulfonamides is 1. The van der Waals surface area contributed by atoms with Gasteiger partial charge >= 0.3 is 0 Å². The molecule has 0 aliphatic carbocycles. The maximum Gasteiger partial charge on any atom is 0.261 e. The van der Waals surface area contributed by atoms with E-state index in [-0.39, 0.29) is 16.1 Å². The van der Waals surface area contributed by atoms with Crippen LogP contribution in [0.4, 0.5) is 10.8 Å². The second-order valence-corrected chi connectivity index (χ2v) is 10.4. The quantitative estimate of drug-likeness (QED) is 0.370. The van der Waals surface area contributed by atoms with Crippen molar-refractivity contribution in [3.8, 4) is 0 Å². The summed E-state index contributed by atoms with van der Waals surface area (Å²) in [5, 5.41) is 3.24. The fourth-order valence-electron chi connectivity index (χ4n) is 2.94. The molecule has 158 valence electrons. The van der Waals surface area contributed by atoms with Crippen LogP contribution >= 0.6 is 23.1 Å². The number of aromatic nitrogens is 1. The molecule has 6 nitrogen and oxygen atoms in total. The lowest BCUT2D eigenvalue weighted by Crippen LogP contribution is -2.18. The van der Waals surface area contributed by atoms with Gasteiger partial charge < -0.3 is 0 Å². The molecule has 0 bridgehead atoms. The smallest absolute Gasteiger partial charge is 0.261 e. The Labute approximate surface area is 188 Å². The van der Waals surface area contributed by atoms with Crippen molar-refractivity contribution in [1.82, 2.24) is 4.98 Å². The molecule has 0 unspecified atom stereocenters. The number of hydrogen-bond donors (Lipinski definition) is 2. The number of carbonyl (C=O) groups excluding carboxylic acids is 1. The molecule has 0 aliphatic rings. The van der Waals surface area contributed by atoms with Gasteiger partial charge in [-0.3, -0.25) is 14.8 Å². The van der Waals surface area contributed by atoms with E-state index in [4.69, 9.17) is 0 Å². The minimum Gasteiger partial charge on any atom is -0.298 e. The first-order valence-corrected chi connectivity index (χ1v) is 12.8. The van der Waals surface area contributed by atoms with Gasteiger partial charge in [-0.25, -0.2) is 13.4 Å². The van der Waals surface area contributed by atoms with Crippen LogP contribution in [-0.4, -0.2) is 25.6 Å². The molecule has 0 saturated carbocycles. The topological polar surface area (TPSA) is 88.2 Å². The van der Waals surface area contributed by atoms with E-state index in [1.54, 1.807) is 48.2 Å². The monoisotopic (exact) mass is 469 g/mol. The minimum absolute atomic E-state index is 0.129. The molecule has 9 heteroatoms. The predicted octanol–water partition coefficient (Wildman–Crippen LogP) is 5.38. The Kier molecular flexibility index (Phi) is 5.99. The Morgan fingerprint density at radius 3 is 2.52 bits per heavy atom. The van der Waals surface area contributed by atoms with Crippen LogP contribution in [0.15, 0.2) is 76.5 Å². The van der Waals surface area contributed by atoms with E-state index in [0.29, 0.717) is 5.13 Å². The molecule has 1 heterocycles. The van der Waals surface area contributed by atoms with E-state index in [1.807, 2.05) is 31.4 Å². The Bertz CT molecular complexity index is 1360. The summed E-state index contributed by atoms with van der Waals surface area (Å²) in [6, 6.07) is 18.9. The summed E-state index contributed by atoms with van der Waals surface area (Å²) in [4.78, 5) is 18.6. The van der Waals surface area contributed by atoms with Crippen molar-refractivity contribution in [1.29, 1.82) is 0 Å². The zero-order valence-electron chi connectivity index (χ0n) is 16.7. The van der Waals surface area contributed by atoms with Gasteiger partial charge in [0.25, 0.3) is 15.9 Å². The summed E-state index contributed by atoms with van der Waals surface area (Å²) in [6.07, 6.45) is 2.00. The highest BCUT2D eigenvalue weighted by Gasteiger charge is 2.19. The number of aryl methyl sites for hydroxylation is 1. The number of benzene rings is 3. The third kappa shape index (κ3) is 4.73. The van der Waals surface area contributed by atoms with Crippen molar-refractivity contribution >= 4 is 60.1 Å². The first kappa shape index (κ1) is 21.4. The van der Waals surface area contributed by atoms with E-state index in [1.165, 1.54) is 23.5 Å². The number of carbonyl (C=O) groups is 1. The van der Waals surface area contributed by atoms with Crippen LogP contribution in [0.25, 0.3) is 10.2 Å². The summed E-state index contributed by atoms with van der Waals surface area (Å²) >= 11 is 3.01. The van der Waals surface area contributed by atoms with Gasteiger partial charge in [0.2, 0.25) is 0 Å². The molecule has 4 aromatic rings. The van der Waals surface area contributed by atoms with E-state index < -0.39 is 15.9 Å². The van der Waals surface area contributed by atoms with Crippen LogP contribution in [0, 0.1) is 6.92 Å². The Morgan fingerprint density at radius 1 is 1.03 bits per heavy atom. The van der Waals surface area contributed by atoms with Crippen molar-refractivity contribution in [2.75, 3.05) is 16.3 Å². The SMILES string of the molecule is CSc1ccc2nc(NC(=O)c3ccccc3NS(=O)(=O)c3ccc(C)cc3)sc2c1. The van der Waals surface area contributed by atoms with Gasteiger partial charge in [0.05, 0.1) is 26.4 Å².